The minimum absolute atomic E-state index is 0.598. The maximum absolute atomic E-state index is 5.35. The van der Waals surface area contributed by atoms with E-state index in [1.54, 1.807) is 14.2 Å². The third kappa shape index (κ3) is 3.30. The van der Waals surface area contributed by atoms with Gasteiger partial charge in [-0.2, -0.15) is 0 Å². The maximum Gasteiger partial charge on any atom is 0.596 e. The van der Waals surface area contributed by atoms with Crippen molar-refractivity contribution in [1.29, 1.82) is 0 Å². The number of rotatable bonds is 6. The Morgan fingerprint density at radius 1 is 1.18 bits per heavy atom. The van der Waals surface area contributed by atoms with E-state index in [2.05, 4.69) is 4.98 Å². The van der Waals surface area contributed by atoms with Crippen LogP contribution in [0.2, 0.25) is 0 Å². The molecule has 0 aromatic rings. The summed E-state index contributed by atoms with van der Waals surface area (Å²) in [6, 6.07) is 0. The van der Waals surface area contributed by atoms with E-state index < -0.39 is 8.97 Å². The van der Waals surface area contributed by atoms with Crippen LogP contribution in [-0.2, 0) is 13.3 Å². The summed E-state index contributed by atoms with van der Waals surface area (Å²) in [6.45, 7) is 5.02. The van der Waals surface area contributed by atoms with Gasteiger partial charge >= 0.3 is 8.97 Å². The van der Waals surface area contributed by atoms with Gasteiger partial charge in [0.25, 0.3) is 0 Å². The molecule has 0 fully saturated rings. The highest BCUT2D eigenvalue weighted by atomic mass is 28.4. The first-order valence-electron chi connectivity index (χ1n) is 3.76. The van der Waals surface area contributed by atoms with E-state index in [1.165, 1.54) is 0 Å². The molecule has 0 aliphatic heterocycles. The van der Waals surface area contributed by atoms with Crippen LogP contribution in [-0.4, -0.2) is 36.3 Å². The van der Waals surface area contributed by atoms with Crippen molar-refractivity contribution in [2.45, 2.75) is 13.8 Å². The molecule has 0 spiro atoms. The highest BCUT2D eigenvalue weighted by molar-refractivity contribution is 6.57. The van der Waals surface area contributed by atoms with Gasteiger partial charge in [0.15, 0.2) is 0 Å². The molecule has 4 nitrogen and oxygen atoms in total. The summed E-state index contributed by atoms with van der Waals surface area (Å²) in [6.07, 6.45) is 0. The molecule has 0 saturated carbocycles. The fraction of sp³-hybridized carbons (Fsp3) is 1.00. The van der Waals surface area contributed by atoms with Gasteiger partial charge in [-0.15, -0.1) is 0 Å². The zero-order valence-electron chi connectivity index (χ0n) is 7.64. The van der Waals surface area contributed by atoms with Crippen LogP contribution in [0.4, 0.5) is 0 Å². The molecule has 0 amide bonds. The van der Waals surface area contributed by atoms with Crippen molar-refractivity contribution in [3.8, 4) is 0 Å². The van der Waals surface area contributed by atoms with E-state index in [0.717, 1.165) is 0 Å². The highest BCUT2D eigenvalue weighted by Gasteiger charge is 2.38. The number of nitrogens with one attached hydrogen (secondary N) is 1. The van der Waals surface area contributed by atoms with Crippen molar-refractivity contribution in [1.82, 2.24) is 4.98 Å². The van der Waals surface area contributed by atoms with Gasteiger partial charge in [-0.05, 0) is 20.9 Å². The van der Waals surface area contributed by atoms with E-state index in [9.17, 15) is 0 Å². The Hall–Kier alpha value is 0.0569. The molecule has 11 heavy (non-hydrogen) atoms. The van der Waals surface area contributed by atoms with Crippen LogP contribution in [0, 0.1) is 0 Å². The highest BCUT2D eigenvalue weighted by Crippen LogP contribution is 2.02. The standard InChI is InChI=1S/C6H17NO3Si/c1-5-9-11(7-3,8-4)10-6-2/h7H,5-6H2,1-4H3. The summed E-state index contributed by atoms with van der Waals surface area (Å²) in [4.78, 5) is 2.94. The molecule has 0 aromatic heterocycles. The van der Waals surface area contributed by atoms with E-state index in [1.807, 2.05) is 13.8 Å². The molecule has 0 bridgehead atoms. The molecule has 5 heteroatoms. The average molecular weight is 179 g/mol. The van der Waals surface area contributed by atoms with Crippen molar-refractivity contribution in [2.24, 2.45) is 0 Å². The Bertz CT molecular complexity index is 89.8. The Morgan fingerprint density at radius 2 is 1.64 bits per heavy atom. The Kier molecular flexibility index (Phi) is 5.70. The molecule has 68 valence electrons. The summed E-state index contributed by atoms with van der Waals surface area (Å²) < 4.78 is 15.9. The van der Waals surface area contributed by atoms with E-state index in [4.69, 9.17) is 13.3 Å². The predicted octanol–water partition coefficient (Wildman–Crippen LogP) is 0.361. The van der Waals surface area contributed by atoms with Crippen molar-refractivity contribution < 1.29 is 13.3 Å². The maximum atomic E-state index is 5.35. The SMILES string of the molecule is CCO[Si](NC)(OC)OCC. The van der Waals surface area contributed by atoms with Gasteiger partial charge < -0.3 is 13.3 Å². The molecule has 1 N–H and O–H groups in total. The van der Waals surface area contributed by atoms with Crippen molar-refractivity contribution >= 4 is 8.97 Å². The lowest BCUT2D eigenvalue weighted by Crippen LogP contribution is -2.56. The Labute approximate surface area is 69.3 Å². The second-order valence-corrected chi connectivity index (χ2v) is 4.47. The molecule has 0 heterocycles. The van der Waals surface area contributed by atoms with Crippen LogP contribution in [0.5, 0.6) is 0 Å². The third-order valence-electron chi connectivity index (χ3n) is 1.24. The summed E-state index contributed by atoms with van der Waals surface area (Å²) in [5.74, 6) is 0. The van der Waals surface area contributed by atoms with Crippen molar-refractivity contribution in [3.05, 3.63) is 0 Å². The molecule has 0 atom stereocenters. The van der Waals surface area contributed by atoms with Gasteiger partial charge in [0, 0.05) is 20.3 Å². The minimum atomic E-state index is -2.49. The number of hydrogen-bond acceptors (Lipinski definition) is 4. The fourth-order valence-electron chi connectivity index (χ4n) is 0.786. The quantitative estimate of drug-likeness (QED) is 0.598. The Morgan fingerprint density at radius 3 is 1.82 bits per heavy atom. The summed E-state index contributed by atoms with van der Waals surface area (Å²) in [7, 11) is 0.877. The van der Waals surface area contributed by atoms with Gasteiger partial charge in [0.1, 0.15) is 0 Å². The van der Waals surface area contributed by atoms with E-state index in [0.29, 0.717) is 13.2 Å². The topological polar surface area (TPSA) is 39.7 Å². The lowest BCUT2D eigenvalue weighted by atomic mass is 10.9. The monoisotopic (exact) mass is 179 g/mol. The first-order chi connectivity index (χ1) is 5.24. The van der Waals surface area contributed by atoms with Gasteiger partial charge in [-0.3, -0.25) is 4.98 Å². The van der Waals surface area contributed by atoms with Crippen LogP contribution in [0.1, 0.15) is 13.8 Å². The Balaban J connectivity index is 3.96. The van der Waals surface area contributed by atoms with Gasteiger partial charge in [0.05, 0.1) is 0 Å². The third-order valence-corrected chi connectivity index (χ3v) is 3.73. The van der Waals surface area contributed by atoms with Gasteiger partial charge in [0.2, 0.25) is 0 Å². The molecular weight excluding hydrogens is 162 g/mol. The van der Waals surface area contributed by atoms with Crippen LogP contribution >= 0.6 is 0 Å². The van der Waals surface area contributed by atoms with Crippen LogP contribution < -0.4 is 4.98 Å². The van der Waals surface area contributed by atoms with E-state index in [-0.39, 0.29) is 0 Å². The molecule has 0 radical (unpaired) electrons. The van der Waals surface area contributed by atoms with E-state index >= 15 is 0 Å². The minimum Gasteiger partial charge on any atom is -0.364 e. The molecule has 0 aliphatic carbocycles. The molecular formula is C6H17NO3Si. The first kappa shape index (κ1) is 11.1. The zero-order chi connectivity index (χ0) is 8.74. The average Bonchev–Trinajstić information content (AvgIpc) is 2.04. The molecule has 0 aromatic carbocycles. The molecule has 0 saturated heterocycles. The van der Waals surface area contributed by atoms with Crippen LogP contribution in [0.25, 0.3) is 0 Å². The zero-order valence-corrected chi connectivity index (χ0v) is 8.64. The smallest absolute Gasteiger partial charge is 0.364 e. The second-order valence-electron chi connectivity index (χ2n) is 1.88. The largest absolute Gasteiger partial charge is 0.596 e. The molecule has 0 unspecified atom stereocenters. The lowest BCUT2D eigenvalue weighted by molar-refractivity contribution is 0.0774. The van der Waals surface area contributed by atoms with Gasteiger partial charge in [-0.25, -0.2) is 0 Å². The van der Waals surface area contributed by atoms with Crippen molar-refractivity contribution in [3.63, 3.8) is 0 Å². The lowest BCUT2D eigenvalue weighted by Gasteiger charge is -2.25. The number of hydrogen-bond donors (Lipinski definition) is 1. The van der Waals surface area contributed by atoms with Crippen LogP contribution in [0.3, 0.4) is 0 Å². The fourth-order valence-corrected chi connectivity index (χ4v) is 2.36. The van der Waals surface area contributed by atoms with Crippen LogP contribution in [0.15, 0.2) is 0 Å². The molecule has 0 rings (SSSR count). The second kappa shape index (κ2) is 5.67. The summed E-state index contributed by atoms with van der Waals surface area (Å²) in [5, 5.41) is 0. The molecule has 0 aliphatic rings. The first-order valence-corrected chi connectivity index (χ1v) is 5.49. The van der Waals surface area contributed by atoms with Crippen molar-refractivity contribution in [2.75, 3.05) is 27.4 Å². The summed E-state index contributed by atoms with van der Waals surface area (Å²) in [5.41, 5.74) is 0. The van der Waals surface area contributed by atoms with Gasteiger partial charge in [-0.1, -0.05) is 0 Å². The predicted molar refractivity (Wildman–Crippen MR) is 45.1 cm³/mol. The summed E-state index contributed by atoms with van der Waals surface area (Å²) >= 11 is 0. The normalized spacial score (nSPS) is 12.0.